The van der Waals surface area contributed by atoms with Crippen LogP contribution < -0.4 is 15.0 Å². The van der Waals surface area contributed by atoms with E-state index in [-0.39, 0.29) is 27.8 Å². The minimum atomic E-state index is -1.72. The molecule has 3 atom stereocenters. The Hall–Kier alpha value is -3.92. The lowest BCUT2D eigenvalue weighted by atomic mass is 10.0. The van der Waals surface area contributed by atoms with Gasteiger partial charge in [0.05, 0.1) is 5.97 Å². The fourth-order valence-corrected chi connectivity index (χ4v) is 5.19. The van der Waals surface area contributed by atoms with Crippen LogP contribution in [0.1, 0.15) is 22.1 Å². The molecule has 0 aromatic carbocycles. The zero-order valence-electron chi connectivity index (χ0n) is 17.9. The van der Waals surface area contributed by atoms with Crippen molar-refractivity contribution >= 4 is 52.2 Å². The van der Waals surface area contributed by atoms with Crippen molar-refractivity contribution in [2.24, 2.45) is 10.4 Å². The van der Waals surface area contributed by atoms with E-state index in [1.165, 1.54) is 35.9 Å². The van der Waals surface area contributed by atoms with Crippen LogP contribution in [0.4, 0.5) is 5.13 Å². The highest BCUT2D eigenvalue weighted by atomic mass is 32.2. The summed E-state index contributed by atoms with van der Waals surface area (Å²) in [6.45, 7) is 0.438. The second-order valence-electron chi connectivity index (χ2n) is 7.34. The number of nitrogens with zero attached hydrogens (tertiary/aromatic N) is 6. The number of carbonyl (C=O) groups excluding carboxylic acids is 3. The van der Waals surface area contributed by atoms with Crippen LogP contribution in [0, 0.1) is 0 Å². The van der Waals surface area contributed by atoms with Crippen LogP contribution in [0.15, 0.2) is 46.7 Å². The Morgan fingerprint density at radius 3 is 2.80 bits per heavy atom. The van der Waals surface area contributed by atoms with Crippen molar-refractivity contribution < 1.29 is 38.8 Å². The van der Waals surface area contributed by atoms with E-state index < -0.39 is 29.8 Å². The lowest BCUT2D eigenvalue weighted by Crippen LogP contribution is -2.69. The number of fused-ring (bicyclic) bond motifs is 1. The molecular weight excluding hydrogens is 502 g/mol. The predicted octanol–water partition coefficient (Wildman–Crippen LogP) is -1.01. The molecule has 2 N–H and O–H groups in total. The van der Waals surface area contributed by atoms with Crippen molar-refractivity contribution in [2.75, 3.05) is 12.9 Å². The molecule has 182 valence electrons. The SMILES string of the molecule is CON=Nc1nc(C(C(=O)O)C(=O)NC2C(=O)N3C=C(C[n+]4ccc(C(=O)[O-])cc4)CS[C@H]23)ns1. The number of nitrogens with one attached hydrogen (secondary N) is 1. The van der Waals surface area contributed by atoms with E-state index in [1.54, 1.807) is 23.2 Å². The van der Waals surface area contributed by atoms with Crippen molar-refractivity contribution in [1.29, 1.82) is 0 Å². The Bertz CT molecular complexity index is 1230. The smallest absolute Gasteiger partial charge is 0.324 e. The molecule has 0 saturated carbocycles. The number of carboxylic acid groups (broad SMARTS) is 2. The zero-order chi connectivity index (χ0) is 25.1. The first-order chi connectivity index (χ1) is 16.8. The minimum Gasteiger partial charge on any atom is -0.545 e. The molecular formula is C19H17N7O7S2. The number of amides is 2. The van der Waals surface area contributed by atoms with Gasteiger partial charge in [0, 0.05) is 52.0 Å². The molecule has 1 saturated heterocycles. The normalized spacial score (nSPS) is 20.0. The molecule has 4 rings (SSSR count). The van der Waals surface area contributed by atoms with Gasteiger partial charge in [0.15, 0.2) is 30.7 Å². The topological polar surface area (TPSA) is 190 Å². The van der Waals surface area contributed by atoms with E-state index in [0.717, 1.165) is 17.1 Å². The summed E-state index contributed by atoms with van der Waals surface area (Å²) in [5.41, 5.74) is 0.969. The van der Waals surface area contributed by atoms with E-state index >= 15 is 0 Å². The Morgan fingerprint density at radius 1 is 1.40 bits per heavy atom. The fourth-order valence-electron chi connectivity index (χ4n) is 3.42. The number of aromatic nitrogens is 3. The second-order valence-corrected chi connectivity index (χ2v) is 9.17. The number of aliphatic carboxylic acids is 1. The summed E-state index contributed by atoms with van der Waals surface area (Å²) in [6, 6.07) is 1.96. The molecule has 2 aliphatic heterocycles. The van der Waals surface area contributed by atoms with Crippen LogP contribution in [-0.4, -0.2) is 67.4 Å². The van der Waals surface area contributed by atoms with Gasteiger partial charge in [-0.05, 0) is 0 Å². The number of carboxylic acids is 2. The zero-order valence-corrected chi connectivity index (χ0v) is 19.6. The summed E-state index contributed by atoms with van der Waals surface area (Å²) in [5, 5.41) is 29.4. The Labute approximate surface area is 205 Å². The van der Waals surface area contributed by atoms with Gasteiger partial charge in [0.25, 0.3) is 11.0 Å². The van der Waals surface area contributed by atoms with E-state index in [0.29, 0.717) is 12.3 Å². The number of hydrogen-bond acceptors (Lipinski definition) is 12. The molecule has 14 nitrogen and oxygen atoms in total. The molecule has 1 fully saturated rings. The molecule has 4 heterocycles. The molecule has 0 spiro atoms. The van der Waals surface area contributed by atoms with Gasteiger partial charge < -0.3 is 30.1 Å². The average molecular weight is 520 g/mol. The first-order valence-electron chi connectivity index (χ1n) is 9.93. The van der Waals surface area contributed by atoms with Crippen LogP contribution in [-0.2, 0) is 25.8 Å². The number of hydrogen-bond donors (Lipinski definition) is 2. The highest BCUT2D eigenvalue weighted by Gasteiger charge is 2.50. The molecule has 2 unspecified atom stereocenters. The van der Waals surface area contributed by atoms with Gasteiger partial charge in [0.2, 0.25) is 5.91 Å². The van der Waals surface area contributed by atoms with Gasteiger partial charge in [0.1, 0.15) is 18.5 Å². The maximum Gasteiger partial charge on any atom is 0.324 e. The standard InChI is InChI=1S/C19H17N7O7S2/c1-33-24-22-19-21-13(23-35-19)11(18(31)32)14(27)20-12-15(28)26-7-9(8-34-16(12)26)6-25-4-2-10(3-5-25)17(29)30/h2-5,7,11-12,16H,6,8H2,1H3,(H2-,20,27,29,30,31,32)/t11?,12?,16-/m1/s1. The molecule has 2 aromatic rings. The van der Waals surface area contributed by atoms with E-state index in [9.17, 15) is 29.4 Å². The van der Waals surface area contributed by atoms with E-state index in [4.69, 9.17) is 0 Å². The average Bonchev–Trinajstić information content (AvgIpc) is 3.29. The first-order valence-corrected chi connectivity index (χ1v) is 11.8. The van der Waals surface area contributed by atoms with Crippen LogP contribution in [0.2, 0.25) is 0 Å². The fraction of sp³-hybridized carbons (Fsp3) is 0.316. The molecule has 2 aliphatic rings. The van der Waals surface area contributed by atoms with Crippen molar-refractivity contribution in [3.63, 3.8) is 0 Å². The third-order valence-electron chi connectivity index (χ3n) is 5.06. The number of thioether (sulfide) groups is 1. The van der Waals surface area contributed by atoms with E-state index in [1.807, 2.05) is 0 Å². The highest BCUT2D eigenvalue weighted by Crippen LogP contribution is 2.36. The van der Waals surface area contributed by atoms with Crippen molar-refractivity contribution in [3.05, 3.63) is 47.7 Å². The Morgan fingerprint density at radius 2 is 2.14 bits per heavy atom. The summed E-state index contributed by atoms with van der Waals surface area (Å²) in [7, 11) is 1.27. The maximum absolute atomic E-state index is 12.7. The van der Waals surface area contributed by atoms with Crippen molar-refractivity contribution in [1.82, 2.24) is 19.6 Å². The van der Waals surface area contributed by atoms with Crippen LogP contribution >= 0.6 is 23.3 Å². The number of pyridine rings is 1. The molecule has 2 aromatic heterocycles. The quantitative estimate of drug-likeness (QED) is 0.136. The molecule has 16 heteroatoms. The van der Waals surface area contributed by atoms with Gasteiger partial charge in [-0.2, -0.15) is 9.36 Å². The number of rotatable bonds is 9. The molecule has 35 heavy (non-hydrogen) atoms. The summed E-state index contributed by atoms with van der Waals surface area (Å²) >= 11 is 2.17. The number of β-lactam (4-membered cyclic amide) rings is 1. The van der Waals surface area contributed by atoms with Crippen molar-refractivity contribution in [3.8, 4) is 0 Å². The molecule has 2 amide bonds. The monoisotopic (exact) mass is 519 g/mol. The molecule has 0 aliphatic carbocycles. The summed E-state index contributed by atoms with van der Waals surface area (Å²) in [4.78, 5) is 57.8. The van der Waals surface area contributed by atoms with E-state index in [2.05, 4.69) is 29.9 Å². The summed E-state index contributed by atoms with van der Waals surface area (Å²) < 4.78 is 5.62. The van der Waals surface area contributed by atoms with Gasteiger partial charge in [-0.25, -0.2) is 4.57 Å². The maximum atomic E-state index is 12.7. The minimum absolute atomic E-state index is 0.0134. The van der Waals surface area contributed by atoms with Crippen LogP contribution in [0.25, 0.3) is 0 Å². The number of aromatic carboxylic acids is 1. The molecule has 0 bridgehead atoms. The predicted molar refractivity (Wildman–Crippen MR) is 116 cm³/mol. The lowest BCUT2D eigenvalue weighted by molar-refractivity contribution is -0.689. The Kier molecular flexibility index (Phi) is 7.02. The van der Waals surface area contributed by atoms with Gasteiger partial charge in [-0.15, -0.1) is 11.8 Å². The van der Waals surface area contributed by atoms with Gasteiger partial charge in [-0.3, -0.25) is 14.4 Å². The third kappa shape index (κ3) is 5.12. The number of carbonyl (C=O) groups is 4. The highest BCUT2D eigenvalue weighted by molar-refractivity contribution is 8.00. The summed E-state index contributed by atoms with van der Waals surface area (Å²) in [6.07, 6.45) is 4.89. The first kappa shape index (κ1) is 24.2. The summed E-state index contributed by atoms with van der Waals surface area (Å²) in [5.74, 6) is -5.47. The second kappa shape index (κ2) is 10.1. The third-order valence-corrected chi connectivity index (χ3v) is 7.05. The lowest BCUT2D eigenvalue weighted by Gasteiger charge is -2.47. The van der Waals surface area contributed by atoms with Crippen LogP contribution in [0.3, 0.4) is 0 Å². The van der Waals surface area contributed by atoms with Crippen LogP contribution in [0.5, 0.6) is 0 Å². The molecule has 0 radical (unpaired) electrons. The Balaban J connectivity index is 1.40. The largest absolute Gasteiger partial charge is 0.545 e. The van der Waals surface area contributed by atoms with Gasteiger partial charge in [-0.1, -0.05) is 5.11 Å². The van der Waals surface area contributed by atoms with Crippen molar-refractivity contribution in [2.45, 2.75) is 23.9 Å². The van der Waals surface area contributed by atoms with Gasteiger partial charge >= 0.3 is 5.97 Å².